The van der Waals surface area contributed by atoms with Crippen LogP contribution in [0.3, 0.4) is 0 Å². The number of halogens is 2. The van der Waals surface area contributed by atoms with Crippen molar-refractivity contribution in [2.75, 3.05) is 7.11 Å². The van der Waals surface area contributed by atoms with Gasteiger partial charge in [-0.05, 0) is 35.4 Å². The zero-order chi connectivity index (χ0) is 15.2. The number of ether oxygens (including phenoxy) is 1. The first-order valence-electron chi connectivity index (χ1n) is 6.41. The van der Waals surface area contributed by atoms with Gasteiger partial charge in [-0.2, -0.15) is 0 Å². The lowest BCUT2D eigenvalue weighted by atomic mass is 10.1. The zero-order valence-corrected chi connectivity index (χ0v) is 13.0. The molecule has 0 bridgehead atoms. The van der Waals surface area contributed by atoms with E-state index in [1.165, 1.54) is 7.11 Å². The number of benzene rings is 2. The van der Waals surface area contributed by atoms with Gasteiger partial charge in [-0.25, -0.2) is 4.79 Å². The molecule has 0 saturated carbocycles. The summed E-state index contributed by atoms with van der Waals surface area (Å²) in [5.41, 5.74) is 1.79. The van der Waals surface area contributed by atoms with Gasteiger partial charge in [-0.1, -0.05) is 47.5 Å². The quantitative estimate of drug-likeness (QED) is 0.845. The second-order valence-electron chi connectivity index (χ2n) is 4.52. The van der Waals surface area contributed by atoms with Crippen molar-refractivity contribution in [3.05, 3.63) is 69.7 Å². The van der Waals surface area contributed by atoms with Crippen LogP contribution in [-0.2, 0) is 16.1 Å². The van der Waals surface area contributed by atoms with E-state index in [9.17, 15) is 4.79 Å². The lowest BCUT2D eigenvalue weighted by Gasteiger charge is -2.17. The molecular weight excluding hydrogens is 309 g/mol. The molecule has 0 spiro atoms. The number of nitrogens with one attached hydrogen (secondary N) is 1. The lowest BCUT2D eigenvalue weighted by Crippen LogP contribution is -2.29. The third-order valence-corrected chi connectivity index (χ3v) is 3.53. The first-order valence-corrected chi connectivity index (χ1v) is 7.17. The van der Waals surface area contributed by atoms with E-state index in [0.29, 0.717) is 16.6 Å². The molecule has 0 radical (unpaired) electrons. The van der Waals surface area contributed by atoms with Gasteiger partial charge in [-0.3, -0.25) is 5.32 Å². The number of carbonyl (C=O) groups excluding carboxylic acids is 1. The molecule has 2 aromatic carbocycles. The van der Waals surface area contributed by atoms with Crippen LogP contribution in [0.4, 0.5) is 0 Å². The summed E-state index contributed by atoms with van der Waals surface area (Å²) in [6.07, 6.45) is 0. The molecule has 110 valence electrons. The smallest absolute Gasteiger partial charge is 0.327 e. The number of esters is 1. The maximum absolute atomic E-state index is 12.0. The van der Waals surface area contributed by atoms with E-state index >= 15 is 0 Å². The first-order chi connectivity index (χ1) is 10.1. The van der Waals surface area contributed by atoms with Crippen molar-refractivity contribution >= 4 is 29.2 Å². The third kappa shape index (κ3) is 4.46. The minimum absolute atomic E-state index is 0.355. The molecule has 0 aromatic heterocycles. The average molecular weight is 324 g/mol. The van der Waals surface area contributed by atoms with Crippen molar-refractivity contribution < 1.29 is 9.53 Å². The number of hydrogen-bond acceptors (Lipinski definition) is 3. The highest BCUT2D eigenvalue weighted by Crippen LogP contribution is 2.20. The molecule has 0 heterocycles. The van der Waals surface area contributed by atoms with Gasteiger partial charge in [0.1, 0.15) is 6.04 Å². The van der Waals surface area contributed by atoms with Crippen molar-refractivity contribution in [2.45, 2.75) is 12.6 Å². The Bertz CT molecular complexity index is 614. The summed E-state index contributed by atoms with van der Waals surface area (Å²) >= 11 is 11.8. The fourth-order valence-corrected chi connectivity index (χ4v) is 2.29. The van der Waals surface area contributed by atoms with E-state index in [4.69, 9.17) is 27.9 Å². The number of rotatable bonds is 5. The maximum Gasteiger partial charge on any atom is 0.327 e. The molecule has 21 heavy (non-hydrogen) atoms. The van der Waals surface area contributed by atoms with Gasteiger partial charge in [0.25, 0.3) is 0 Å². The van der Waals surface area contributed by atoms with Gasteiger partial charge >= 0.3 is 5.97 Å². The molecule has 5 heteroatoms. The van der Waals surface area contributed by atoms with Crippen LogP contribution in [0, 0.1) is 0 Å². The summed E-state index contributed by atoms with van der Waals surface area (Å²) < 4.78 is 4.85. The fourth-order valence-electron chi connectivity index (χ4n) is 1.96. The fraction of sp³-hybridized carbons (Fsp3) is 0.188. The normalized spacial score (nSPS) is 12.0. The van der Waals surface area contributed by atoms with Crippen LogP contribution in [0.1, 0.15) is 17.2 Å². The van der Waals surface area contributed by atoms with E-state index in [1.54, 1.807) is 18.2 Å². The third-order valence-electron chi connectivity index (χ3n) is 3.04. The van der Waals surface area contributed by atoms with E-state index in [-0.39, 0.29) is 5.97 Å². The van der Waals surface area contributed by atoms with Gasteiger partial charge in [0, 0.05) is 16.6 Å². The molecule has 2 rings (SSSR count). The predicted octanol–water partition coefficient (Wildman–Crippen LogP) is 4.00. The standard InChI is InChI=1S/C16H15Cl2NO2/c1-21-16(20)15(12-3-2-4-14(18)9-12)19-10-11-5-7-13(17)8-6-11/h2-9,15,19H,10H2,1H3. The highest BCUT2D eigenvalue weighted by atomic mass is 35.5. The van der Waals surface area contributed by atoms with Gasteiger partial charge in [0.05, 0.1) is 7.11 Å². The maximum atomic E-state index is 12.0. The van der Waals surface area contributed by atoms with E-state index in [1.807, 2.05) is 30.3 Å². The average Bonchev–Trinajstić information content (AvgIpc) is 2.49. The van der Waals surface area contributed by atoms with E-state index in [0.717, 1.165) is 11.1 Å². The molecule has 0 amide bonds. The SMILES string of the molecule is COC(=O)C(NCc1ccc(Cl)cc1)c1cccc(Cl)c1. The van der Waals surface area contributed by atoms with E-state index in [2.05, 4.69) is 5.32 Å². The molecule has 0 aliphatic heterocycles. The van der Waals surface area contributed by atoms with Crippen LogP contribution in [0.2, 0.25) is 10.0 Å². The molecule has 1 N–H and O–H groups in total. The van der Waals surface area contributed by atoms with Crippen LogP contribution in [0.15, 0.2) is 48.5 Å². The Hall–Kier alpha value is -1.55. The lowest BCUT2D eigenvalue weighted by molar-refractivity contribution is -0.143. The molecule has 0 fully saturated rings. The second kappa shape index (κ2) is 7.46. The monoisotopic (exact) mass is 323 g/mol. The summed E-state index contributed by atoms with van der Waals surface area (Å²) in [5, 5.41) is 4.43. The van der Waals surface area contributed by atoms with Crippen LogP contribution in [-0.4, -0.2) is 13.1 Å². The van der Waals surface area contributed by atoms with Crippen molar-refractivity contribution in [1.29, 1.82) is 0 Å². The molecule has 3 nitrogen and oxygen atoms in total. The summed E-state index contributed by atoms with van der Waals surface area (Å²) in [6, 6.07) is 14.0. The Balaban J connectivity index is 2.13. The Morgan fingerprint density at radius 2 is 1.86 bits per heavy atom. The minimum Gasteiger partial charge on any atom is -0.468 e. The Morgan fingerprint density at radius 3 is 2.48 bits per heavy atom. The highest BCUT2D eigenvalue weighted by molar-refractivity contribution is 6.30. The minimum atomic E-state index is -0.565. The molecule has 0 aliphatic carbocycles. The van der Waals surface area contributed by atoms with Crippen LogP contribution < -0.4 is 5.32 Å². The largest absolute Gasteiger partial charge is 0.468 e. The molecule has 2 aromatic rings. The topological polar surface area (TPSA) is 38.3 Å². The Labute approximate surface area is 133 Å². The van der Waals surface area contributed by atoms with E-state index < -0.39 is 6.04 Å². The van der Waals surface area contributed by atoms with Crippen molar-refractivity contribution in [1.82, 2.24) is 5.32 Å². The molecule has 1 unspecified atom stereocenters. The van der Waals surface area contributed by atoms with Crippen LogP contribution in [0.5, 0.6) is 0 Å². The van der Waals surface area contributed by atoms with Crippen molar-refractivity contribution in [3.63, 3.8) is 0 Å². The Kier molecular flexibility index (Phi) is 5.62. The van der Waals surface area contributed by atoms with Crippen molar-refractivity contribution in [2.24, 2.45) is 0 Å². The van der Waals surface area contributed by atoms with Gasteiger partial charge in [0.2, 0.25) is 0 Å². The molecule has 1 atom stereocenters. The van der Waals surface area contributed by atoms with Crippen LogP contribution in [0.25, 0.3) is 0 Å². The number of methoxy groups -OCH3 is 1. The molecule has 0 aliphatic rings. The predicted molar refractivity (Wildman–Crippen MR) is 84.5 cm³/mol. The first kappa shape index (κ1) is 15.8. The van der Waals surface area contributed by atoms with Crippen molar-refractivity contribution in [3.8, 4) is 0 Å². The summed E-state index contributed by atoms with van der Waals surface area (Å²) in [7, 11) is 1.36. The number of hydrogen-bond donors (Lipinski definition) is 1. The second-order valence-corrected chi connectivity index (χ2v) is 5.39. The summed E-state index contributed by atoms with van der Waals surface area (Å²) in [4.78, 5) is 12.0. The summed E-state index contributed by atoms with van der Waals surface area (Å²) in [5.74, 6) is -0.355. The summed E-state index contributed by atoms with van der Waals surface area (Å²) in [6.45, 7) is 0.517. The van der Waals surface area contributed by atoms with Gasteiger partial charge in [-0.15, -0.1) is 0 Å². The highest BCUT2D eigenvalue weighted by Gasteiger charge is 2.20. The molecular formula is C16H15Cl2NO2. The van der Waals surface area contributed by atoms with Crippen LogP contribution >= 0.6 is 23.2 Å². The number of carbonyl (C=O) groups is 1. The Morgan fingerprint density at radius 1 is 1.14 bits per heavy atom. The molecule has 0 saturated heterocycles. The zero-order valence-electron chi connectivity index (χ0n) is 11.5. The van der Waals surface area contributed by atoms with Gasteiger partial charge < -0.3 is 4.74 Å². The van der Waals surface area contributed by atoms with Gasteiger partial charge in [0.15, 0.2) is 0 Å².